The third-order valence-electron chi connectivity index (χ3n) is 3.63. The molecule has 8 heteroatoms. The number of hydrogen-bond donors (Lipinski definition) is 2. The summed E-state index contributed by atoms with van der Waals surface area (Å²) in [6, 6.07) is 4.55. The molecule has 0 aliphatic carbocycles. The van der Waals surface area contributed by atoms with Crippen molar-refractivity contribution < 1.29 is 22.7 Å². The van der Waals surface area contributed by atoms with E-state index >= 15 is 0 Å². The van der Waals surface area contributed by atoms with Crippen LogP contribution in [0, 0.1) is 0 Å². The highest BCUT2D eigenvalue weighted by atomic mass is 32.2. The molecule has 0 atom stereocenters. The molecule has 24 heavy (non-hydrogen) atoms. The number of fused-ring (bicyclic) bond motifs is 1. The quantitative estimate of drug-likeness (QED) is 0.669. The molecule has 0 unspecified atom stereocenters. The topological polar surface area (TPSA) is 108 Å². The Hall–Kier alpha value is -1.80. The summed E-state index contributed by atoms with van der Waals surface area (Å²) < 4.78 is 35.8. The molecule has 0 spiro atoms. The molecular formula is C16H24N2O5S. The largest absolute Gasteiger partial charge is 0.490 e. The van der Waals surface area contributed by atoms with Gasteiger partial charge in [0.25, 0.3) is 0 Å². The number of nitrogens with one attached hydrogen (secondary N) is 1. The van der Waals surface area contributed by atoms with E-state index in [1.807, 2.05) is 0 Å². The summed E-state index contributed by atoms with van der Waals surface area (Å²) in [4.78, 5) is 11.9. The van der Waals surface area contributed by atoms with Crippen molar-refractivity contribution in [3.8, 4) is 11.5 Å². The monoisotopic (exact) mass is 356 g/mol. The lowest BCUT2D eigenvalue weighted by atomic mass is 10.3. The van der Waals surface area contributed by atoms with Crippen molar-refractivity contribution in [1.29, 1.82) is 0 Å². The number of carbonyl (C=O) groups is 1. The zero-order chi connectivity index (χ0) is 17.4. The number of benzene rings is 1. The number of rotatable bonds is 8. The number of sulfone groups is 1. The number of nitrogens with two attached hydrogens (primary N) is 1. The zero-order valence-electron chi connectivity index (χ0n) is 13.6. The van der Waals surface area contributed by atoms with E-state index in [1.54, 1.807) is 6.07 Å². The van der Waals surface area contributed by atoms with Crippen LogP contribution in [0.25, 0.3) is 0 Å². The fraction of sp³-hybridized carbons (Fsp3) is 0.562. The van der Waals surface area contributed by atoms with Crippen LogP contribution in [-0.4, -0.2) is 46.4 Å². The number of hydrogen-bond acceptors (Lipinski definition) is 6. The van der Waals surface area contributed by atoms with Crippen LogP contribution in [0.1, 0.15) is 25.7 Å². The van der Waals surface area contributed by atoms with E-state index in [0.717, 1.165) is 19.3 Å². The van der Waals surface area contributed by atoms with Gasteiger partial charge in [-0.3, -0.25) is 4.79 Å². The SMILES string of the molecule is NCCCCNC(=O)CCS(=O)(=O)c1ccc2c(c1)OCCCO2. The number of unbranched alkanes of at least 4 members (excludes halogenated alkanes) is 1. The maximum absolute atomic E-state index is 12.4. The molecule has 1 aliphatic rings. The summed E-state index contributed by atoms with van der Waals surface area (Å²) in [5.41, 5.74) is 5.37. The Morgan fingerprint density at radius 1 is 1.17 bits per heavy atom. The fourth-order valence-electron chi connectivity index (χ4n) is 2.27. The van der Waals surface area contributed by atoms with Crippen molar-refractivity contribution in [3.05, 3.63) is 18.2 Å². The second-order valence-electron chi connectivity index (χ2n) is 5.57. The lowest BCUT2D eigenvalue weighted by molar-refractivity contribution is -0.120. The van der Waals surface area contributed by atoms with Crippen molar-refractivity contribution in [2.45, 2.75) is 30.6 Å². The van der Waals surface area contributed by atoms with Crippen LogP contribution in [0.5, 0.6) is 11.5 Å². The second-order valence-corrected chi connectivity index (χ2v) is 7.68. The van der Waals surface area contributed by atoms with Crippen molar-refractivity contribution in [3.63, 3.8) is 0 Å². The van der Waals surface area contributed by atoms with Crippen molar-refractivity contribution in [2.75, 3.05) is 32.1 Å². The predicted molar refractivity (Wildman–Crippen MR) is 90.0 cm³/mol. The summed E-state index contributed by atoms with van der Waals surface area (Å²) >= 11 is 0. The molecule has 0 saturated heterocycles. The van der Waals surface area contributed by atoms with Gasteiger partial charge in [0, 0.05) is 25.5 Å². The van der Waals surface area contributed by atoms with Crippen LogP contribution in [0.15, 0.2) is 23.1 Å². The summed E-state index contributed by atoms with van der Waals surface area (Å²) in [6.07, 6.45) is 2.30. The summed E-state index contributed by atoms with van der Waals surface area (Å²) in [5.74, 6) is 0.462. The van der Waals surface area contributed by atoms with Crippen molar-refractivity contribution in [1.82, 2.24) is 5.32 Å². The van der Waals surface area contributed by atoms with Gasteiger partial charge in [0.15, 0.2) is 21.3 Å². The van der Waals surface area contributed by atoms with Crippen LogP contribution in [-0.2, 0) is 14.6 Å². The van der Waals surface area contributed by atoms with Gasteiger partial charge in [0.05, 0.1) is 23.9 Å². The van der Waals surface area contributed by atoms with E-state index < -0.39 is 9.84 Å². The van der Waals surface area contributed by atoms with Crippen molar-refractivity contribution in [2.24, 2.45) is 5.73 Å². The Morgan fingerprint density at radius 2 is 1.92 bits per heavy atom. The first-order chi connectivity index (χ1) is 11.5. The maximum atomic E-state index is 12.4. The van der Waals surface area contributed by atoms with E-state index in [9.17, 15) is 13.2 Å². The molecule has 3 N–H and O–H groups in total. The zero-order valence-corrected chi connectivity index (χ0v) is 14.4. The minimum atomic E-state index is -3.55. The van der Waals surface area contributed by atoms with Crippen LogP contribution in [0.2, 0.25) is 0 Å². The molecule has 0 fully saturated rings. The average molecular weight is 356 g/mol. The first-order valence-electron chi connectivity index (χ1n) is 8.12. The summed E-state index contributed by atoms with van der Waals surface area (Å²) in [5, 5.41) is 2.70. The van der Waals surface area contributed by atoms with Gasteiger partial charge in [0.1, 0.15) is 0 Å². The molecule has 0 saturated carbocycles. The molecule has 1 aromatic rings. The molecule has 1 aromatic carbocycles. The van der Waals surface area contributed by atoms with Gasteiger partial charge in [-0.2, -0.15) is 0 Å². The first kappa shape index (κ1) is 18.5. The molecule has 0 bridgehead atoms. The summed E-state index contributed by atoms with van der Waals surface area (Å²) in [7, 11) is -3.55. The number of amides is 1. The Labute approximate surface area is 142 Å². The lowest BCUT2D eigenvalue weighted by Crippen LogP contribution is -2.26. The maximum Gasteiger partial charge on any atom is 0.221 e. The van der Waals surface area contributed by atoms with Crippen molar-refractivity contribution >= 4 is 15.7 Å². The van der Waals surface area contributed by atoms with E-state index in [0.29, 0.717) is 37.8 Å². The Bertz CT molecular complexity index is 660. The molecule has 1 aliphatic heterocycles. The number of carbonyl (C=O) groups excluding carboxylic acids is 1. The normalized spacial score (nSPS) is 14.0. The van der Waals surface area contributed by atoms with E-state index in [1.165, 1.54) is 12.1 Å². The molecule has 0 aromatic heterocycles. The molecule has 134 valence electrons. The lowest BCUT2D eigenvalue weighted by Gasteiger charge is -2.10. The van der Waals surface area contributed by atoms with Gasteiger partial charge in [-0.15, -0.1) is 0 Å². The molecule has 0 radical (unpaired) electrons. The van der Waals surface area contributed by atoms with Gasteiger partial charge in [-0.05, 0) is 31.5 Å². The fourth-order valence-corrected chi connectivity index (χ4v) is 3.52. The third-order valence-corrected chi connectivity index (χ3v) is 5.34. The van der Waals surface area contributed by atoms with Crippen LogP contribution >= 0.6 is 0 Å². The van der Waals surface area contributed by atoms with Gasteiger partial charge in [-0.1, -0.05) is 0 Å². The van der Waals surface area contributed by atoms with E-state index in [-0.39, 0.29) is 23.0 Å². The highest BCUT2D eigenvalue weighted by molar-refractivity contribution is 7.91. The van der Waals surface area contributed by atoms with Gasteiger partial charge < -0.3 is 20.5 Å². The summed E-state index contributed by atoms with van der Waals surface area (Å²) in [6.45, 7) is 2.12. The second kappa shape index (κ2) is 8.89. The minimum Gasteiger partial charge on any atom is -0.490 e. The average Bonchev–Trinajstić information content (AvgIpc) is 2.81. The third kappa shape index (κ3) is 5.38. The van der Waals surface area contributed by atoms with E-state index in [2.05, 4.69) is 5.32 Å². The molecule has 1 heterocycles. The Balaban J connectivity index is 1.93. The number of ether oxygens (including phenoxy) is 2. The molecule has 1 amide bonds. The molecular weight excluding hydrogens is 332 g/mol. The standard InChI is InChI=1S/C16H24N2O5S/c17-7-1-2-8-18-16(19)6-11-24(20,21)13-4-5-14-15(12-13)23-10-3-9-22-14/h4-5,12H,1-3,6-11,17H2,(H,18,19). The smallest absolute Gasteiger partial charge is 0.221 e. The first-order valence-corrected chi connectivity index (χ1v) is 9.77. The Kier molecular flexibility index (Phi) is 6.86. The predicted octanol–water partition coefficient (Wildman–Crippen LogP) is 0.867. The highest BCUT2D eigenvalue weighted by Gasteiger charge is 2.20. The van der Waals surface area contributed by atoms with Gasteiger partial charge >= 0.3 is 0 Å². The highest BCUT2D eigenvalue weighted by Crippen LogP contribution is 2.32. The van der Waals surface area contributed by atoms with Crippen LogP contribution < -0.4 is 20.5 Å². The molecule has 2 rings (SSSR count). The van der Waals surface area contributed by atoms with Gasteiger partial charge in [0.2, 0.25) is 5.91 Å². The van der Waals surface area contributed by atoms with Gasteiger partial charge in [-0.25, -0.2) is 8.42 Å². The Morgan fingerprint density at radius 3 is 2.67 bits per heavy atom. The van der Waals surface area contributed by atoms with Crippen LogP contribution in [0.4, 0.5) is 0 Å². The van der Waals surface area contributed by atoms with Crippen LogP contribution in [0.3, 0.4) is 0 Å². The molecule has 7 nitrogen and oxygen atoms in total. The minimum absolute atomic E-state index is 0.0700. The van der Waals surface area contributed by atoms with E-state index in [4.69, 9.17) is 15.2 Å².